The van der Waals surface area contributed by atoms with Gasteiger partial charge in [-0.3, -0.25) is 19.3 Å². The minimum Gasteiger partial charge on any atom is -0.395 e. The molecule has 2 N–H and O–H groups in total. The van der Waals surface area contributed by atoms with Crippen molar-refractivity contribution in [3.63, 3.8) is 0 Å². The molecule has 0 unspecified atom stereocenters. The second-order valence-corrected chi connectivity index (χ2v) is 16.0. The number of hydrogen-bond donors (Lipinski definition) is 2. The summed E-state index contributed by atoms with van der Waals surface area (Å²) in [6.07, 6.45) is 8.38. The van der Waals surface area contributed by atoms with Gasteiger partial charge in [-0.25, -0.2) is 0 Å². The van der Waals surface area contributed by atoms with Crippen LogP contribution in [-0.2, 0) is 20.9 Å². The smallest absolute Gasteiger partial charge is 0.246 e. The van der Waals surface area contributed by atoms with E-state index in [1.807, 2.05) is 31.7 Å². The largest absolute Gasteiger partial charge is 0.395 e. The van der Waals surface area contributed by atoms with Crippen LogP contribution in [0.4, 0.5) is 0 Å². The number of likely N-dealkylation sites (tertiary alicyclic amines) is 1. The van der Waals surface area contributed by atoms with Gasteiger partial charge in [0.25, 0.3) is 0 Å². The molecule has 3 fully saturated rings. The minimum absolute atomic E-state index is 0. The lowest BCUT2D eigenvalue weighted by atomic mass is 9.91. The summed E-state index contributed by atoms with van der Waals surface area (Å²) in [5, 5.41) is 13.1. The predicted octanol–water partition coefficient (Wildman–Crippen LogP) is 5.03. The number of hydrogen-bond acceptors (Lipinski definition) is 7. The van der Waals surface area contributed by atoms with E-state index in [9.17, 15) is 19.5 Å². The first-order chi connectivity index (χ1) is 21.1. The third-order valence-corrected chi connectivity index (χ3v) is 11.3. The fourth-order valence-electron chi connectivity index (χ4n) is 6.62. The van der Waals surface area contributed by atoms with Gasteiger partial charge < -0.3 is 20.2 Å². The van der Waals surface area contributed by atoms with Crippen molar-refractivity contribution < 1.29 is 19.5 Å². The molecule has 0 aromatic heterocycles. The van der Waals surface area contributed by atoms with Crippen molar-refractivity contribution in [3.05, 3.63) is 35.9 Å². The summed E-state index contributed by atoms with van der Waals surface area (Å²) in [5.74, 6) is 2.84. The molecular weight excluding hydrogens is 628 g/mol. The molecule has 254 valence electrons. The van der Waals surface area contributed by atoms with Crippen LogP contribution in [0, 0.1) is 11.3 Å². The molecule has 4 rings (SSSR count). The van der Waals surface area contributed by atoms with Crippen LogP contribution in [0.3, 0.4) is 0 Å². The van der Waals surface area contributed by atoms with Crippen LogP contribution in [-0.4, -0.2) is 105 Å². The molecular formula is C34H55ClN4O4S2. The Morgan fingerprint density at radius 3 is 2.40 bits per heavy atom. The standard InChI is InChI=1S/C34H54N4O4S2.ClH/c1-34(2,3)20-31(40)38-25-44-24-30(38)32(41)35-29(23-43-22-27-12-8-5-9-13-27)33(42)37(18-19-39)28-14-16-36(17-15-28)21-26-10-6-4-7-11-26;/h4,6-7,10-11,27-30,39H,5,8-9,12-25H2,1-3H3,(H,35,41);1H/t29-,30-;/m0./s1. The van der Waals surface area contributed by atoms with Crippen LogP contribution in [0.25, 0.3) is 0 Å². The maximum absolute atomic E-state index is 14.2. The monoisotopic (exact) mass is 682 g/mol. The molecule has 3 aliphatic rings. The Morgan fingerprint density at radius 1 is 1.07 bits per heavy atom. The molecule has 1 saturated carbocycles. The van der Waals surface area contributed by atoms with Gasteiger partial charge >= 0.3 is 0 Å². The third kappa shape index (κ3) is 11.9. The number of nitrogens with zero attached hydrogens (tertiary/aromatic N) is 3. The van der Waals surface area contributed by atoms with Gasteiger partial charge in [0.15, 0.2) is 0 Å². The molecule has 0 radical (unpaired) electrons. The van der Waals surface area contributed by atoms with Crippen LogP contribution >= 0.6 is 35.9 Å². The Kier molecular flexibility index (Phi) is 15.8. The molecule has 8 nitrogen and oxygen atoms in total. The molecule has 2 aliphatic heterocycles. The van der Waals surface area contributed by atoms with Crippen molar-refractivity contribution in [2.24, 2.45) is 11.3 Å². The quantitative estimate of drug-likeness (QED) is 0.302. The number of piperidine rings is 1. The number of carbonyl (C=O) groups is 3. The molecule has 0 bridgehead atoms. The lowest BCUT2D eigenvalue weighted by Gasteiger charge is -2.40. The molecule has 11 heteroatoms. The average Bonchev–Trinajstić information content (AvgIpc) is 3.51. The summed E-state index contributed by atoms with van der Waals surface area (Å²) < 4.78 is 0. The molecule has 45 heavy (non-hydrogen) atoms. The Bertz CT molecular complexity index is 1060. The van der Waals surface area contributed by atoms with E-state index in [4.69, 9.17) is 0 Å². The highest BCUT2D eigenvalue weighted by molar-refractivity contribution is 7.99. The van der Waals surface area contributed by atoms with Crippen LogP contribution in [0.2, 0.25) is 0 Å². The maximum Gasteiger partial charge on any atom is 0.246 e. The summed E-state index contributed by atoms with van der Waals surface area (Å²) in [7, 11) is 0. The SMILES string of the molecule is CC(C)(C)CC(=O)N1CSC[C@H]1C(=O)N[C@@H](CSCC1CCCCC1)C(=O)N(CCO)C1CCN(Cc2ccccc2)CC1.Cl. The van der Waals surface area contributed by atoms with E-state index >= 15 is 0 Å². The fraction of sp³-hybridized carbons (Fsp3) is 0.735. The number of aliphatic hydroxyl groups is 1. The first-order valence-electron chi connectivity index (χ1n) is 16.6. The lowest BCUT2D eigenvalue weighted by Crippen LogP contribution is -2.58. The van der Waals surface area contributed by atoms with Gasteiger partial charge in [-0.2, -0.15) is 11.8 Å². The van der Waals surface area contributed by atoms with Crippen molar-refractivity contribution in [1.29, 1.82) is 0 Å². The van der Waals surface area contributed by atoms with Gasteiger partial charge in [0.2, 0.25) is 17.7 Å². The molecule has 2 atom stereocenters. The van der Waals surface area contributed by atoms with E-state index < -0.39 is 12.1 Å². The number of halogens is 1. The highest BCUT2D eigenvalue weighted by atomic mass is 35.5. The van der Waals surface area contributed by atoms with Gasteiger partial charge in [-0.15, -0.1) is 24.2 Å². The Hall–Kier alpha value is -1.46. The Morgan fingerprint density at radius 2 is 1.76 bits per heavy atom. The van der Waals surface area contributed by atoms with Gasteiger partial charge in [0.05, 0.1) is 12.5 Å². The van der Waals surface area contributed by atoms with Gasteiger partial charge in [-0.05, 0) is 48.3 Å². The Labute approximate surface area is 285 Å². The van der Waals surface area contributed by atoms with E-state index in [1.54, 1.807) is 28.4 Å². The fourth-order valence-corrected chi connectivity index (χ4v) is 9.07. The van der Waals surface area contributed by atoms with Crippen molar-refractivity contribution >= 4 is 53.7 Å². The first-order valence-corrected chi connectivity index (χ1v) is 18.9. The number of aliphatic hydroxyl groups excluding tert-OH is 1. The number of carbonyl (C=O) groups excluding carboxylic acids is 3. The summed E-state index contributed by atoms with van der Waals surface area (Å²) in [4.78, 5) is 47.0. The van der Waals surface area contributed by atoms with Crippen molar-refractivity contribution in [2.75, 3.05) is 49.4 Å². The van der Waals surface area contributed by atoms with Crippen molar-refractivity contribution in [2.45, 2.75) is 96.8 Å². The molecule has 2 heterocycles. The zero-order chi connectivity index (χ0) is 31.5. The summed E-state index contributed by atoms with van der Waals surface area (Å²) in [6.45, 7) is 8.90. The van der Waals surface area contributed by atoms with Crippen molar-refractivity contribution in [1.82, 2.24) is 20.0 Å². The van der Waals surface area contributed by atoms with Gasteiger partial charge in [0.1, 0.15) is 12.1 Å². The first kappa shape index (κ1) is 38.0. The van der Waals surface area contributed by atoms with E-state index in [2.05, 4.69) is 34.5 Å². The summed E-state index contributed by atoms with van der Waals surface area (Å²) in [6, 6.07) is 9.22. The zero-order valence-corrected chi connectivity index (χ0v) is 29.9. The number of nitrogens with one attached hydrogen (secondary N) is 1. The molecule has 1 aromatic carbocycles. The van der Waals surface area contributed by atoms with Crippen LogP contribution in [0.5, 0.6) is 0 Å². The number of benzene rings is 1. The van der Waals surface area contributed by atoms with Crippen LogP contribution in [0.1, 0.15) is 77.7 Å². The highest BCUT2D eigenvalue weighted by Crippen LogP contribution is 2.29. The summed E-state index contributed by atoms with van der Waals surface area (Å²) >= 11 is 3.35. The molecule has 1 aliphatic carbocycles. The lowest BCUT2D eigenvalue weighted by molar-refractivity contribution is -0.142. The molecule has 3 amide bonds. The highest BCUT2D eigenvalue weighted by Gasteiger charge is 2.39. The molecule has 1 aromatic rings. The average molecular weight is 683 g/mol. The predicted molar refractivity (Wildman–Crippen MR) is 189 cm³/mol. The van der Waals surface area contributed by atoms with Crippen LogP contribution < -0.4 is 5.32 Å². The normalized spacial score (nSPS) is 20.8. The number of rotatable bonds is 13. The minimum atomic E-state index is -0.685. The van der Waals surface area contributed by atoms with E-state index in [-0.39, 0.29) is 54.7 Å². The van der Waals surface area contributed by atoms with E-state index in [1.165, 1.54) is 37.7 Å². The second kappa shape index (κ2) is 18.8. The van der Waals surface area contributed by atoms with Crippen molar-refractivity contribution in [3.8, 4) is 0 Å². The van der Waals surface area contributed by atoms with Gasteiger partial charge in [-0.1, -0.05) is 70.4 Å². The van der Waals surface area contributed by atoms with Crippen LogP contribution in [0.15, 0.2) is 30.3 Å². The van der Waals surface area contributed by atoms with E-state index in [0.717, 1.165) is 38.2 Å². The molecule has 0 spiro atoms. The van der Waals surface area contributed by atoms with E-state index in [0.29, 0.717) is 29.7 Å². The number of thioether (sulfide) groups is 2. The maximum atomic E-state index is 14.2. The van der Waals surface area contributed by atoms with Gasteiger partial charge in [0, 0.05) is 50.1 Å². The molecule has 2 saturated heterocycles. The summed E-state index contributed by atoms with van der Waals surface area (Å²) in [5.41, 5.74) is 1.12. The zero-order valence-electron chi connectivity index (χ0n) is 27.5. The number of amides is 3. The topological polar surface area (TPSA) is 93.2 Å². The second-order valence-electron chi connectivity index (χ2n) is 14.0. The Balaban J connectivity index is 0.00000552. The third-order valence-electron chi connectivity index (χ3n) is 9.04.